The van der Waals surface area contributed by atoms with Crippen molar-refractivity contribution >= 4 is 18.3 Å². The van der Waals surface area contributed by atoms with Gasteiger partial charge in [-0.15, -0.1) is 10.2 Å². The minimum Gasteiger partial charge on any atom is -0.369 e. The van der Waals surface area contributed by atoms with Crippen molar-refractivity contribution in [2.75, 3.05) is 0 Å². The lowest BCUT2D eigenvalue weighted by molar-refractivity contribution is 0.253. The fourth-order valence-corrected chi connectivity index (χ4v) is 0.188. The number of nitrogens with zero attached hydrogens (tertiary/aromatic N) is 2. The molecule has 0 aliphatic rings. The summed E-state index contributed by atoms with van der Waals surface area (Å²) in [6, 6.07) is -0.727. The van der Waals surface area contributed by atoms with Gasteiger partial charge in [0.2, 0.25) is 5.96 Å². The molecule has 0 aromatic rings. The molecule has 0 aromatic carbocycles. The molecule has 0 unspecified atom stereocenters. The minimum absolute atomic E-state index is 0.192. The largest absolute Gasteiger partial charge is 0.369 e. The summed E-state index contributed by atoms with van der Waals surface area (Å²) in [7, 11) is 0. The van der Waals surface area contributed by atoms with Crippen LogP contribution in [0.4, 0.5) is 4.79 Å². The van der Waals surface area contributed by atoms with Crippen LogP contribution in [-0.4, -0.2) is 18.3 Å². The van der Waals surface area contributed by atoms with Gasteiger partial charge in [0, 0.05) is 0 Å². The van der Waals surface area contributed by atoms with Gasteiger partial charge in [0.05, 0.1) is 0 Å². The maximum atomic E-state index is 9.95. The van der Waals surface area contributed by atoms with E-state index < -0.39 is 6.03 Å². The minimum atomic E-state index is -0.727. The molecule has 0 saturated carbocycles. The Morgan fingerprint density at radius 3 is 2.40 bits per heavy atom. The van der Waals surface area contributed by atoms with Gasteiger partial charge in [-0.1, -0.05) is 0 Å². The van der Waals surface area contributed by atoms with E-state index >= 15 is 0 Å². The van der Waals surface area contributed by atoms with Crippen LogP contribution in [0.5, 0.6) is 0 Å². The zero-order valence-electron chi connectivity index (χ0n) is 5.11. The van der Waals surface area contributed by atoms with Crippen LogP contribution in [0, 0.1) is 0 Å². The van der Waals surface area contributed by atoms with Gasteiger partial charge in [-0.25, -0.2) is 4.79 Å². The maximum Gasteiger partial charge on any atom is 0.317 e. The Kier molecular flexibility index (Phi) is 3.39. The Hall–Kier alpha value is -1.79. The van der Waals surface area contributed by atoms with Crippen LogP contribution >= 0.6 is 0 Å². The zero-order valence-corrected chi connectivity index (χ0v) is 5.11. The van der Waals surface area contributed by atoms with Crippen molar-refractivity contribution < 1.29 is 4.79 Å². The number of urea groups is 1. The molecule has 0 aromatic heterocycles. The van der Waals surface area contributed by atoms with E-state index in [-0.39, 0.29) is 5.96 Å². The Labute approximate surface area is 57.0 Å². The molecule has 10 heavy (non-hydrogen) atoms. The number of nitrogens with two attached hydrogens (primary N) is 3. The van der Waals surface area contributed by atoms with Crippen LogP contribution in [0.15, 0.2) is 10.2 Å². The fraction of sp³-hybridized carbons (Fsp3) is 0. The number of carbonyl (C=O) groups is 1. The maximum absolute atomic E-state index is 9.95. The van der Waals surface area contributed by atoms with E-state index in [0.717, 1.165) is 6.34 Å². The molecule has 0 saturated heterocycles. The van der Waals surface area contributed by atoms with Gasteiger partial charge in [0.15, 0.2) is 0 Å². The lowest BCUT2D eigenvalue weighted by atomic mass is 11.0. The standard InChI is InChI=1S/C3H8N6O/c4-2(5)9-8-1-7-3(6)10/h1H,(H4,4,5,9)(H3,6,7,8,10). The normalized spacial score (nSPS) is 9.20. The van der Waals surface area contributed by atoms with Gasteiger partial charge < -0.3 is 17.2 Å². The number of primary amides is 1. The quantitative estimate of drug-likeness (QED) is 0.200. The van der Waals surface area contributed by atoms with E-state index in [1.165, 1.54) is 0 Å². The number of nitrogens with one attached hydrogen (secondary N) is 1. The predicted octanol–water partition coefficient (Wildman–Crippen LogP) is -2.13. The second-order valence-electron chi connectivity index (χ2n) is 1.28. The third-order valence-electron chi connectivity index (χ3n) is 0.438. The molecule has 0 bridgehead atoms. The van der Waals surface area contributed by atoms with Gasteiger partial charge >= 0.3 is 6.03 Å². The van der Waals surface area contributed by atoms with E-state index in [0.29, 0.717) is 0 Å². The molecule has 0 spiro atoms. The molecule has 0 aliphatic carbocycles. The fourth-order valence-electron chi connectivity index (χ4n) is 0.188. The van der Waals surface area contributed by atoms with Crippen LogP contribution in [0.1, 0.15) is 0 Å². The Morgan fingerprint density at radius 1 is 1.40 bits per heavy atom. The van der Waals surface area contributed by atoms with Gasteiger partial charge in [-0.2, -0.15) is 0 Å². The predicted molar refractivity (Wildman–Crippen MR) is 37.0 cm³/mol. The molecular formula is C3H8N6O. The highest BCUT2D eigenvalue weighted by molar-refractivity contribution is 5.85. The van der Waals surface area contributed by atoms with E-state index in [2.05, 4.69) is 15.9 Å². The van der Waals surface area contributed by atoms with Crippen LogP contribution in [0.2, 0.25) is 0 Å². The van der Waals surface area contributed by atoms with Crippen molar-refractivity contribution in [1.29, 1.82) is 0 Å². The molecule has 7 N–H and O–H groups in total. The summed E-state index contributed by atoms with van der Waals surface area (Å²) in [5.74, 6) is -0.192. The molecule has 0 atom stereocenters. The molecule has 0 heterocycles. The summed E-state index contributed by atoms with van der Waals surface area (Å²) in [6.45, 7) is 0. The summed E-state index contributed by atoms with van der Waals surface area (Å²) in [5, 5.41) is 8.41. The SMILES string of the molecule is NC(=O)NC=NN=C(N)N. The molecule has 56 valence electrons. The number of rotatable bonds is 2. The number of hydrogen-bond donors (Lipinski definition) is 4. The van der Waals surface area contributed by atoms with Crippen LogP contribution in [-0.2, 0) is 0 Å². The highest BCUT2D eigenvalue weighted by Gasteiger charge is 1.81. The first-order chi connectivity index (χ1) is 4.63. The molecule has 7 heteroatoms. The first-order valence-corrected chi connectivity index (χ1v) is 2.29. The highest BCUT2D eigenvalue weighted by atomic mass is 16.2. The molecule has 2 amide bonds. The molecular weight excluding hydrogens is 136 g/mol. The first-order valence-electron chi connectivity index (χ1n) is 2.29. The Bertz CT molecular complexity index is 168. The number of amides is 2. The van der Waals surface area contributed by atoms with Crippen molar-refractivity contribution in [3.63, 3.8) is 0 Å². The second-order valence-corrected chi connectivity index (χ2v) is 1.28. The number of carbonyl (C=O) groups excluding carboxylic acids is 1. The number of hydrogen-bond acceptors (Lipinski definition) is 3. The van der Waals surface area contributed by atoms with Crippen molar-refractivity contribution in [2.45, 2.75) is 0 Å². The monoisotopic (exact) mass is 144 g/mol. The van der Waals surface area contributed by atoms with E-state index in [1.807, 2.05) is 5.32 Å². The summed E-state index contributed by atoms with van der Waals surface area (Å²) in [5.41, 5.74) is 14.4. The van der Waals surface area contributed by atoms with Crippen molar-refractivity contribution in [2.24, 2.45) is 27.4 Å². The van der Waals surface area contributed by atoms with Gasteiger partial charge in [-0.3, -0.25) is 5.32 Å². The zero-order chi connectivity index (χ0) is 7.98. The van der Waals surface area contributed by atoms with Crippen LogP contribution < -0.4 is 22.5 Å². The molecule has 0 rings (SSSR count). The van der Waals surface area contributed by atoms with Crippen LogP contribution in [0.3, 0.4) is 0 Å². The van der Waals surface area contributed by atoms with Crippen molar-refractivity contribution in [3.05, 3.63) is 0 Å². The average molecular weight is 144 g/mol. The molecule has 0 aliphatic heterocycles. The highest BCUT2D eigenvalue weighted by Crippen LogP contribution is 1.62. The topological polar surface area (TPSA) is 132 Å². The smallest absolute Gasteiger partial charge is 0.317 e. The molecule has 0 fully saturated rings. The van der Waals surface area contributed by atoms with Gasteiger partial charge in [0.1, 0.15) is 6.34 Å². The van der Waals surface area contributed by atoms with E-state index in [9.17, 15) is 4.79 Å². The summed E-state index contributed by atoms with van der Waals surface area (Å²) in [6.07, 6.45) is 0.974. The Morgan fingerprint density at radius 2 is 2.00 bits per heavy atom. The summed E-state index contributed by atoms with van der Waals surface area (Å²) in [4.78, 5) is 9.95. The summed E-state index contributed by atoms with van der Waals surface area (Å²) < 4.78 is 0. The lowest BCUT2D eigenvalue weighted by Gasteiger charge is -1.86. The average Bonchev–Trinajstić information content (AvgIpc) is 1.79. The first kappa shape index (κ1) is 8.21. The third kappa shape index (κ3) is 6.21. The summed E-state index contributed by atoms with van der Waals surface area (Å²) >= 11 is 0. The van der Waals surface area contributed by atoms with E-state index in [4.69, 9.17) is 11.5 Å². The van der Waals surface area contributed by atoms with Gasteiger partial charge in [0.25, 0.3) is 0 Å². The van der Waals surface area contributed by atoms with Gasteiger partial charge in [-0.05, 0) is 0 Å². The van der Waals surface area contributed by atoms with Crippen molar-refractivity contribution in [3.8, 4) is 0 Å². The van der Waals surface area contributed by atoms with Crippen molar-refractivity contribution in [1.82, 2.24) is 5.32 Å². The Balaban J connectivity index is 3.58. The molecule has 7 nitrogen and oxygen atoms in total. The lowest BCUT2D eigenvalue weighted by Crippen LogP contribution is -2.28. The molecule has 0 radical (unpaired) electrons. The van der Waals surface area contributed by atoms with Crippen LogP contribution in [0.25, 0.3) is 0 Å². The number of guanidine groups is 1. The third-order valence-corrected chi connectivity index (χ3v) is 0.438. The second kappa shape index (κ2) is 4.13. The van der Waals surface area contributed by atoms with E-state index in [1.54, 1.807) is 0 Å².